The molecule has 0 unspecified atom stereocenters. The van der Waals surface area contributed by atoms with Crippen LogP contribution in [-0.2, 0) is 28.8 Å². The fourth-order valence-electron chi connectivity index (χ4n) is 4.23. The van der Waals surface area contributed by atoms with Gasteiger partial charge in [-0.05, 0) is 61.0 Å². The normalized spacial score (nSPS) is 14.8. The van der Waals surface area contributed by atoms with E-state index in [1.807, 2.05) is 67.4 Å². The lowest BCUT2D eigenvalue weighted by Gasteiger charge is -2.32. The molecule has 0 aromatic heterocycles. The number of amides is 1. The molecule has 0 atom stereocenters. The van der Waals surface area contributed by atoms with Gasteiger partial charge in [0.15, 0.2) is 6.61 Å². The van der Waals surface area contributed by atoms with Crippen LogP contribution in [0.5, 0.6) is 5.75 Å². The number of hydrogen-bond donors (Lipinski definition) is 0. The molecule has 3 aromatic rings. The molecule has 0 saturated carbocycles. The Balaban J connectivity index is 1.44. The average molecular weight is 540 g/mol. The van der Waals surface area contributed by atoms with E-state index in [9.17, 15) is 18.0 Å². The number of carbonyl (C=O) groups is 1. The van der Waals surface area contributed by atoms with Crippen molar-refractivity contribution in [3.8, 4) is 5.75 Å². The predicted octanol–water partition coefficient (Wildman–Crippen LogP) is 5.33. The Morgan fingerprint density at radius 1 is 0.923 bits per heavy atom. The molecule has 206 valence electrons. The van der Waals surface area contributed by atoms with Crippen LogP contribution in [0.3, 0.4) is 0 Å². The van der Waals surface area contributed by atoms with E-state index >= 15 is 0 Å². The van der Waals surface area contributed by atoms with Crippen molar-refractivity contribution < 1.29 is 27.5 Å². The molecule has 1 saturated heterocycles. The monoisotopic (exact) mass is 539 g/mol. The second kappa shape index (κ2) is 12.8. The number of rotatable bonds is 9. The van der Waals surface area contributed by atoms with Gasteiger partial charge >= 0.3 is 6.18 Å². The molecule has 3 aromatic carbocycles. The molecule has 1 amide bonds. The van der Waals surface area contributed by atoms with E-state index in [-0.39, 0.29) is 19.1 Å². The number of hydrogen-bond acceptors (Lipinski definition) is 5. The third kappa shape index (κ3) is 8.07. The van der Waals surface area contributed by atoms with Crippen LogP contribution in [0.4, 0.5) is 13.2 Å². The van der Waals surface area contributed by atoms with E-state index in [0.717, 1.165) is 41.9 Å². The van der Waals surface area contributed by atoms with Gasteiger partial charge in [-0.1, -0.05) is 47.6 Å². The van der Waals surface area contributed by atoms with E-state index in [4.69, 9.17) is 9.57 Å². The van der Waals surface area contributed by atoms with Gasteiger partial charge in [0.05, 0.1) is 11.3 Å². The Hall–Kier alpha value is -3.85. The standard InChI is InChI=1S/C30H32F3N3O3/c1-22-18-25(10-13-28(22)38-21-29(37)36-16-14-35(2)15-17-36)27(19-23-6-4-3-5-7-23)34-39-20-24-8-11-26(12-9-24)30(31,32)33/h3-13,18H,14-17,19-21H2,1-2H3. The molecule has 0 aliphatic carbocycles. The minimum atomic E-state index is -4.38. The maximum Gasteiger partial charge on any atom is 0.416 e. The Bertz CT molecular complexity index is 1270. The van der Waals surface area contributed by atoms with Gasteiger partial charge in [0.1, 0.15) is 12.4 Å². The summed E-state index contributed by atoms with van der Waals surface area (Å²) in [6, 6.07) is 20.2. The van der Waals surface area contributed by atoms with Gasteiger partial charge in [0, 0.05) is 38.2 Å². The third-order valence-corrected chi connectivity index (χ3v) is 6.62. The second-order valence-corrected chi connectivity index (χ2v) is 9.62. The molecule has 0 spiro atoms. The molecule has 1 heterocycles. The average Bonchev–Trinajstić information content (AvgIpc) is 2.92. The van der Waals surface area contributed by atoms with Crippen LogP contribution in [0.2, 0.25) is 0 Å². The van der Waals surface area contributed by atoms with E-state index in [1.54, 1.807) is 0 Å². The maximum atomic E-state index is 12.8. The molecular formula is C30H32F3N3O3. The van der Waals surface area contributed by atoms with E-state index < -0.39 is 11.7 Å². The molecule has 4 rings (SSSR count). The first-order chi connectivity index (χ1) is 18.7. The lowest BCUT2D eigenvalue weighted by molar-refractivity contribution is -0.137. The summed E-state index contributed by atoms with van der Waals surface area (Å²) in [5, 5.41) is 4.36. The summed E-state index contributed by atoms with van der Waals surface area (Å²) in [4.78, 5) is 22.2. The zero-order chi connectivity index (χ0) is 27.8. The molecule has 6 nitrogen and oxygen atoms in total. The van der Waals surface area contributed by atoms with Crippen molar-refractivity contribution in [2.45, 2.75) is 26.1 Å². The zero-order valence-corrected chi connectivity index (χ0v) is 22.1. The summed E-state index contributed by atoms with van der Waals surface area (Å²) in [6.07, 6.45) is -3.89. The molecular weight excluding hydrogens is 507 g/mol. The first kappa shape index (κ1) is 28.2. The number of benzene rings is 3. The number of alkyl halides is 3. The smallest absolute Gasteiger partial charge is 0.416 e. The highest BCUT2D eigenvalue weighted by Crippen LogP contribution is 2.29. The number of oxime groups is 1. The largest absolute Gasteiger partial charge is 0.483 e. The minimum Gasteiger partial charge on any atom is -0.483 e. The topological polar surface area (TPSA) is 54.4 Å². The summed E-state index contributed by atoms with van der Waals surface area (Å²) >= 11 is 0. The summed E-state index contributed by atoms with van der Waals surface area (Å²) < 4.78 is 44.4. The fourth-order valence-corrected chi connectivity index (χ4v) is 4.23. The van der Waals surface area contributed by atoms with E-state index in [1.165, 1.54) is 12.1 Å². The Morgan fingerprint density at radius 3 is 2.26 bits per heavy atom. The first-order valence-electron chi connectivity index (χ1n) is 12.8. The number of carbonyl (C=O) groups excluding carboxylic acids is 1. The summed E-state index contributed by atoms with van der Waals surface area (Å²) in [5.74, 6) is 0.584. The minimum absolute atomic E-state index is 0.0227. The molecule has 1 fully saturated rings. The van der Waals surface area contributed by atoms with Gasteiger partial charge < -0.3 is 19.4 Å². The van der Waals surface area contributed by atoms with Crippen molar-refractivity contribution in [2.75, 3.05) is 39.8 Å². The van der Waals surface area contributed by atoms with E-state index in [0.29, 0.717) is 36.5 Å². The number of piperazine rings is 1. The number of aryl methyl sites for hydroxylation is 1. The molecule has 0 N–H and O–H groups in total. The van der Waals surface area contributed by atoms with Crippen LogP contribution in [-0.4, -0.2) is 61.3 Å². The molecule has 9 heteroatoms. The van der Waals surface area contributed by atoms with Gasteiger partial charge in [-0.2, -0.15) is 13.2 Å². The second-order valence-electron chi connectivity index (χ2n) is 9.62. The van der Waals surface area contributed by atoms with Crippen molar-refractivity contribution in [3.63, 3.8) is 0 Å². The van der Waals surface area contributed by atoms with Crippen molar-refractivity contribution in [3.05, 3.63) is 101 Å². The van der Waals surface area contributed by atoms with Crippen molar-refractivity contribution in [1.82, 2.24) is 9.80 Å². The van der Waals surface area contributed by atoms with E-state index in [2.05, 4.69) is 10.1 Å². The fraction of sp³-hybridized carbons (Fsp3) is 0.333. The first-order valence-corrected chi connectivity index (χ1v) is 12.8. The van der Waals surface area contributed by atoms with Crippen LogP contribution < -0.4 is 4.74 Å². The van der Waals surface area contributed by atoms with Gasteiger partial charge in [-0.15, -0.1) is 0 Å². The Kier molecular flexibility index (Phi) is 9.24. The Morgan fingerprint density at radius 2 is 1.62 bits per heavy atom. The number of ether oxygens (including phenoxy) is 1. The molecule has 1 aliphatic rings. The molecule has 39 heavy (non-hydrogen) atoms. The number of halogens is 3. The lowest BCUT2D eigenvalue weighted by atomic mass is 10.0. The predicted molar refractivity (Wildman–Crippen MR) is 144 cm³/mol. The van der Waals surface area contributed by atoms with Crippen molar-refractivity contribution in [2.24, 2.45) is 5.16 Å². The highest BCUT2D eigenvalue weighted by atomic mass is 19.4. The summed E-state index contributed by atoms with van der Waals surface area (Å²) in [5.41, 5.74) is 3.24. The van der Waals surface area contributed by atoms with Crippen molar-refractivity contribution in [1.29, 1.82) is 0 Å². The summed E-state index contributed by atoms with van der Waals surface area (Å²) in [7, 11) is 2.04. The van der Waals surface area contributed by atoms with Gasteiger partial charge in [0.2, 0.25) is 0 Å². The Labute approximate surface area is 226 Å². The molecule has 1 aliphatic heterocycles. The van der Waals surface area contributed by atoms with Crippen LogP contribution in [0.1, 0.15) is 27.8 Å². The van der Waals surface area contributed by atoms with Gasteiger partial charge in [-0.3, -0.25) is 4.79 Å². The quantitative estimate of drug-likeness (QED) is 0.273. The van der Waals surface area contributed by atoms with Crippen LogP contribution >= 0.6 is 0 Å². The van der Waals surface area contributed by atoms with Gasteiger partial charge in [-0.25, -0.2) is 0 Å². The number of nitrogens with zero attached hydrogens (tertiary/aromatic N) is 3. The number of likely N-dealkylation sites (N-methyl/N-ethyl adjacent to an activating group) is 1. The highest BCUT2D eigenvalue weighted by molar-refractivity contribution is 6.01. The highest BCUT2D eigenvalue weighted by Gasteiger charge is 2.30. The SMILES string of the molecule is Cc1cc(C(Cc2ccccc2)=NOCc2ccc(C(F)(F)F)cc2)ccc1OCC(=O)N1CCN(C)CC1. The lowest BCUT2D eigenvalue weighted by Crippen LogP contribution is -2.48. The molecule has 0 bridgehead atoms. The third-order valence-electron chi connectivity index (χ3n) is 6.62. The van der Waals surface area contributed by atoms with Gasteiger partial charge in [0.25, 0.3) is 5.91 Å². The van der Waals surface area contributed by atoms with Crippen LogP contribution in [0.15, 0.2) is 78.0 Å². The van der Waals surface area contributed by atoms with Crippen LogP contribution in [0.25, 0.3) is 0 Å². The maximum absolute atomic E-state index is 12.8. The van der Waals surface area contributed by atoms with Crippen molar-refractivity contribution >= 4 is 11.6 Å². The summed E-state index contributed by atoms with van der Waals surface area (Å²) in [6.45, 7) is 5.01. The zero-order valence-electron chi connectivity index (χ0n) is 22.1. The van der Waals surface area contributed by atoms with Crippen LogP contribution in [0, 0.1) is 6.92 Å². The molecule has 0 radical (unpaired) electrons.